The summed E-state index contributed by atoms with van der Waals surface area (Å²) in [6, 6.07) is 12.4. The van der Waals surface area contributed by atoms with Crippen molar-refractivity contribution in [3.8, 4) is 5.75 Å². The van der Waals surface area contributed by atoms with Crippen molar-refractivity contribution in [2.45, 2.75) is 13.8 Å². The summed E-state index contributed by atoms with van der Waals surface area (Å²) in [7, 11) is 0. The molecule has 0 atom stereocenters. The van der Waals surface area contributed by atoms with E-state index < -0.39 is 5.91 Å². The molecule has 24 heavy (non-hydrogen) atoms. The Balaban J connectivity index is 1.72. The Morgan fingerprint density at radius 1 is 1.12 bits per heavy atom. The van der Waals surface area contributed by atoms with E-state index in [0.29, 0.717) is 11.3 Å². The third kappa shape index (κ3) is 3.23. The van der Waals surface area contributed by atoms with Gasteiger partial charge in [-0.15, -0.1) is 0 Å². The van der Waals surface area contributed by atoms with Crippen LogP contribution >= 0.6 is 12.2 Å². The molecule has 0 saturated carbocycles. The molecule has 0 aliphatic rings. The molecule has 0 aliphatic carbocycles. The molecule has 0 radical (unpaired) electrons. The predicted molar refractivity (Wildman–Crippen MR) is 97.5 cm³/mol. The lowest BCUT2D eigenvalue weighted by Gasteiger charge is -2.12. The van der Waals surface area contributed by atoms with Crippen LogP contribution in [0.2, 0.25) is 0 Å². The van der Waals surface area contributed by atoms with Gasteiger partial charge in [0.1, 0.15) is 11.3 Å². The standard InChI is InChI=1S/C18H16N2O3S/c1-10-7-13(14(21)8-11(10)2)19-18(24)20-17(22)16-9-12-5-3-4-6-15(12)23-16/h3-9,21H,1-2H3,(H2,19,20,22,24). The normalized spacial score (nSPS) is 10.6. The number of aryl methyl sites for hydroxylation is 2. The molecule has 3 aromatic rings. The summed E-state index contributed by atoms with van der Waals surface area (Å²) in [5.41, 5.74) is 3.04. The van der Waals surface area contributed by atoms with Crippen LogP contribution in [0.4, 0.5) is 5.69 Å². The Hall–Kier alpha value is -2.86. The van der Waals surface area contributed by atoms with Gasteiger partial charge >= 0.3 is 0 Å². The van der Waals surface area contributed by atoms with Crippen LogP contribution < -0.4 is 10.6 Å². The van der Waals surface area contributed by atoms with Crippen LogP contribution in [0.3, 0.4) is 0 Å². The minimum absolute atomic E-state index is 0.0680. The number of nitrogens with one attached hydrogen (secondary N) is 2. The number of aromatic hydroxyl groups is 1. The number of phenolic OH excluding ortho intramolecular Hbond substituents is 1. The second-order valence-corrected chi connectivity index (χ2v) is 5.92. The molecule has 0 fully saturated rings. The van der Waals surface area contributed by atoms with Gasteiger partial charge in [0, 0.05) is 5.39 Å². The average Bonchev–Trinajstić information content (AvgIpc) is 2.96. The van der Waals surface area contributed by atoms with Gasteiger partial charge in [-0.1, -0.05) is 18.2 Å². The molecule has 3 N–H and O–H groups in total. The summed E-state index contributed by atoms with van der Waals surface area (Å²) >= 11 is 5.13. The van der Waals surface area contributed by atoms with E-state index in [4.69, 9.17) is 16.6 Å². The molecule has 122 valence electrons. The number of fused-ring (bicyclic) bond motifs is 1. The number of phenols is 1. The van der Waals surface area contributed by atoms with Gasteiger partial charge in [0.25, 0.3) is 5.91 Å². The number of carbonyl (C=O) groups is 1. The summed E-state index contributed by atoms with van der Waals surface area (Å²) in [4.78, 5) is 12.2. The van der Waals surface area contributed by atoms with Gasteiger partial charge in [-0.3, -0.25) is 10.1 Å². The van der Waals surface area contributed by atoms with E-state index in [9.17, 15) is 9.90 Å². The molecule has 0 unspecified atom stereocenters. The fraction of sp³-hybridized carbons (Fsp3) is 0.111. The Kier molecular flexibility index (Phi) is 4.22. The highest BCUT2D eigenvalue weighted by molar-refractivity contribution is 7.80. The van der Waals surface area contributed by atoms with Gasteiger partial charge in [-0.2, -0.15) is 0 Å². The summed E-state index contributed by atoms with van der Waals surface area (Å²) in [6.45, 7) is 3.83. The van der Waals surface area contributed by atoms with E-state index in [1.165, 1.54) is 0 Å². The number of benzene rings is 2. The zero-order chi connectivity index (χ0) is 17.3. The van der Waals surface area contributed by atoms with Gasteiger partial charge in [0.15, 0.2) is 10.9 Å². The number of anilines is 1. The van der Waals surface area contributed by atoms with Gasteiger partial charge in [0.05, 0.1) is 5.69 Å². The molecule has 0 spiro atoms. The predicted octanol–water partition coefficient (Wildman–Crippen LogP) is 3.88. The monoisotopic (exact) mass is 340 g/mol. The molecule has 0 bridgehead atoms. The maximum absolute atomic E-state index is 12.2. The molecule has 5 nitrogen and oxygen atoms in total. The number of thiocarbonyl (C=S) groups is 1. The van der Waals surface area contributed by atoms with Crippen molar-refractivity contribution in [2.24, 2.45) is 0 Å². The zero-order valence-electron chi connectivity index (χ0n) is 13.2. The quantitative estimate of drug-likeness (QED) is 0.488. The maximum atomic E-state index is 12.2. The highest BCUT2D eigenvalue weighted by Gasteiger charge is 2.14. The number of carbonyl (C=O) groups excluding carboxylic acids is 1. The fourth-order valence-corrected chi connectivity index (χ4v) is 2.52. The van der Waals surface area contributed by atoms with Gasteiger partial charge in [0.2, 0.25) is 0 Å². The zero-order valence-corrected chi connectivity index (χ0v) is 14.0. The first-order valence-electron chi connectivity index (χ1n) is 7.35. The molecular weight excluding hydrogens is 324 g/mol. The average molecular weight is 340 g/mol. The number of furan rings is 1. The molecule has 1 amide bonds. The smallest absolute Gasteiger partial charge is 0.293 e. The number of amides is 1. The molecule has 3 rings (SSSR count). The Morgan fingerprint density at radius 2 is 1.83 bits per heavy atom. The molecule has 1 heterocycles. The maximum Gasteiger partial charge on any atom is 0.293 e. The lowest BCUT2D eigenvalue weighted by Crippen LogP contribution is -2.33. The second-order valence-electron chi connectivity index (χ2n) is 5.51. The number of para-hydroxylation sites is 1. The van der Waals surface area contributed by atoms with E-state index in [0.717, 1.165) is 16.5 Å². The molecular formula is C18H16N2O3S. The van der Waals surface area contributed by atoms with Crippen LogP contribution in [0, 0.1) is 13.8 Å². The topological polar surface area (TPSA) is 74.5 Å². The van der Waals surface area contributed by atoms with Gasteiger partial charge in [-0.25, -0.2) is 0 Å². The Labute approximate surface area is 144 Å². The van der Waals surface area contributed by atoms with E-state index >= 15 is 0 Å². The fourth-order valence-electron chi connectivity index (χ4n) is 2.31. The highest BCUT2D eigenvalue weighted by atomic mass is 32.1. The van der Waals surface area contributed by atoms with Crippen LogP contribution in [0.25, 0.3) is 11.0 Å². The van der Waals surface area contributed by atoms with E-state index in [1.807, 2.05) is 32.0 Å². The van der Waals surface area contributed by atoms with Gasteiger partial charge in [-0.05, 0) is 61.5 Å². The van der Waals surface area contributed by atoms with Crippen molar-refractivity contribution >= 4 is 39.9 Å². The van der Waals surface area contributed by atoms with Crippen molar-refractivity contribution in [1.82, 2.24) is 5.32 Å². The number of rotatable bonds is 2. The van der Waals surface area contributed by atoms with Crippen molar-refractivity contribution in [1.29, 1.82) is 0 Å². The van der Waals surface area contributed by atoms with Crippen molar-refractivity contribution in [2.75, 3.05) is 5.32 Å². The van der Waals surface area contributed by atoms with Crippen molar-refractivity contribution < 1.29 is 14.3 Å². The largest absolute Gasteiger partial charge is 0.506 e. The highest BCUT2D eigenvalue weighted by Crippen LogP contribution is 2.26. The molecule has 0 aliphatic heterocycles. The summed E-state index contributed by atoms with van der Waals surface area (Å²) in [6.07, 6.45) is 0. The van der Waals surface area contributed by atoms with Gasteiger partial charge < -0.3 is 14.8 Å². The summed E-state index contributed by atoms with van der Waals surface area (Å²) in [5, 5.41) is 16.2. The number of hydrogen-bond acceptors (Lipinski definition) is 4. The SMILES string of the molecule is Cc1cc(O)c(NC(=S)NC(=O)c2cc3ccccc3o2)cc1C. The third-order valence-electron chi connectivity index (χ3n) is 3.74. The summed E-state index contributed by atoms with van der Waals surface area (Å²) < 4.78 is 5.49. The Bertz CT molecular complexity index is 914. The minimum atomic E-state index is -0.452. The van der Waals surface area contributed by atoms with Crippen LogP contribution in [-0.4, -0.2) is 16.1 Å². The van der Waals surface area contributed by atoms with Crippen molar-refractivity contribution in [3.63, 3.8) is 0 Å². The lowest BCUT2D eigenvalue weighted by molar-refractivity contribution is 0.0953. The molecule has 0 saturated heterocycles. The van der Waals surface area contributed by atoms with E-state index in [2.05, 4.69) is 10.6 Å². The minimum Gasteiger partial charge on any atom is -0.506 e. The molecule has 2 aromatic carbocycles. The second kappa shape index (κ2) is 6.33. The van der Waals surface area contributed by atoms with Crippen LogP contribution in [0.15, 0.2) is 46.9 Å². The molecule has 1 aromatic heterocycles. The lowest BCUT2D eigenvalue weighted by atomic mass is 10.1. The van der Waals surface area contributed by atoms with E-state index in [-0.39, 0.29) is 16.6 Å². The van der Waals surface area contributed by atoms with Crippen molar-refractivity contribution in [3.05, 3.63) is 59.4 Å². The van der Waals surface area contributed by atoms with Crippen LogP contribution in [0.1, 0.15) is 21.7 Å². The molecule has 6 heteroatoms. The first kappa shape index (κ1) is 16.0. The van der Waals surface area contributed by atoms with E-state index in [1.54, 1.807) is 24.3 Å². The first-order valence-corrected chi connectivity index (χ1v) is 7.76. The van der Waals surface area contributed by atoms with Crippen LogP contribution in [0.5, 0.6) is 5.75 Å². The Morgan fingerprint density at radius 3 is 2.58 bits per heavy atom. The third-order valence-corrected chi connectivity index (χ3v) is 3.94. The summed E-state index contributed by atoms with van der Waals surface area (Å²) in [5.74, 6) is -0.213. The first-order chi connectivity index (χ1) is 11.4. The van der Waals surface area contributed by atoms with Crippen LogP contribution in [-0.2, 0) is 0 Å². The number of hydrogen-bond donors (Lipinski definition) is 3.